The van der Waals surface area contributed by atoms with Crippen LogP contribution in [0.3, 0.4) is 0 Å². The number of hydrogen-bond donors (Lipinski definition) is 1. The van der Waals surface area contributed by atoms with E-state index in [9.17, 15) is 4.79 Å². The van der Waals surface area contributed by atoms with Crippen molar-refractivity contribution in [3.8, 4) is 11.3 Å². The first-order valence-electron chi connectivity index (χ1n) is 12.0. The zero-order valence-electron chi connectivity index (χ0n) is 20.7. The highest BCUT2D eigenvalue weighted by molar-refractivity contribution is 6.76. The number of carbonyl (C=O) groups excluding carboxylic acids is 1. The number of rotatable bonds is 8. The Morgan fingerprint density at radius 1 is 1.18 bits per heavy atom. The Morgan fingerprint density at radius 2 is 1.97 bits per heavy atom. The lowest BCUT2D eigenvalue weighted by Gasteiger charge is -2.15. The van der Waals surface area contributed by atoms with Gasteiger partial charge < -0.3 is 14.6 Å². The summed E-state index contributed by atoms with van der Waals surface area (Å²) in [6.07, 6.45) is 5.73. The average molecular weight is 476 g/mol. The van der Waals surface area contributed by atoms with E-state index >= 15 is 0 Å². The van der Waals surface area contributed by atoms with Gasteiger partial charge in [-0.15, -0.1) is 0 Å². The standard InChI is InChI=1S/C26H33N5O2Si/c1-17-20(8-9-22-21(17)14-28-31(22)16-33-10-11-34(3,4)5)23-12-19-13-25(27-15-24(19)30(23)2)29-26(32)18-6-7-18/h8-9,12-15,18H,6-7,10-11,16H2,1-5H3,(H,27,29,32). The Morgan fingerprint density at radius 3 is 2.71 bits per heavy atom. The van der Waals surface area contributed by atoms with Crippen molar-refractivity contribution in [2.75, 3.05) is 11.9 Å². The predicted molar refractivity (Wildman–Crippen MR) is 140 cm³/mol. The fraction of sp³-hybridized carbons (Fsp3) is 0.423. The molecule has 34 heavy (non-hydrogen) atoms. The van der Waals surface area contributed by atoms with Crippen LogP contribution < -0.4 is 5.32 Å². The van der Waals surface area contributed by atoms with Gasteiger partial charge in [-0.2, -0.15) is 5.10 Å². The second kappa shape index (κ2) is 8.67. The number of ether oxygens (including phenoxy) is 1. The highest BCUT2D eigenvalue weighted by atomic mass is 28.3. The van der Waals surface area contributed by atoms with Crippen molar-refractivity contribution in [1.82, 2.24) is 19.3 Å². The molecule has 0 aliphatic heterocycles. The number of nitrogens with zero attached hydrogens (tertiary/aromatic N) is 4. The van der Waals surface area contributed by atoms with Crippen molar-refractivity contribution in [1.29, 1.82) is 0 Å². The number of anilines is 1. The smallest absolute Gasteiger partial charge is 0.228 e. The lowest BCUT2D eigenvalue weighted by molar-refractivity contribution is -0.117. The second-order valence-electron chi connectivity index (χ2n) is 10.6. The summed E-state index contributed by atoms with van der Waals surface area (Å²) in [5, 5.41) is 9.74. The number of hydrogen-bond acceptors (Lipinski definition) is 4. The molecule has 0 radical (unpaired) electrons. The number of fused-ring (bicyclic) bond motifs is 2. The van der Waals surface area contributed by atoms with Gasteiger partial charge in [0, 0.05) is 49.7 Å². The Labute approximate surface area is 201 Å². The summed E-state index contributed by atoms with van der Waals surface area (Å²) in [7, 11) is 0.954. The minimum atomic E-state index is -1.10. The van der Waals surface area contributed by atoms with E-state index in [2.05, 4.69) is 71.8 Å². The number of aromatic nitrogens is 4. The molecular weight excluding hydrogens is 442 g/mol. The maximum absolute atomic E-state index is 12.1. The molecular formula is C26H33N5O2Si. The average Bonchev–Trinajstić information content (AvgIpc) is 3.48. The first-order chi connectivity index (χ1) is 16.2. The van der Waals surface area contributed by atoms with E-state index in [4.69, 9.17) is 4.74 Å². The Kier molecular flexibility index (Phi) is 5.81. The molecule has 5 rings (SSSR count). The van der Waals surface area contributed by atoms with Crippen molar-refractivity contribution < 1.29 is 9.53 Å². The van der Waals surface area contributed by atoms with Crippen LogP contribution in [0.15, 0.2) is 36.7 Å². The first-order valence-corrected chi connectivity index (χ1v) is 15.7. The van der Waals surface area contributed by atoms with E-state index in [1.165, 1.54) is 5.56 Å². The van der Waals surface area contributed by atoms with Gasteiger partial charge in [0.05, 0.1) is 23.4 Å². The molecule has 1 aliphatic rings. The van der Waals surface area contributed by atoms with Crippen molar-refractivity contribution in [2.45, 2.75) is 52.2 Å². The monoisotopic (exact) mass is 475 g/mol. The maximum Gasteiger partial charge on any atom is 0.228 e. The van der Waals surface area contributed by atoms with Gasteiger partial charge >= 0.3 is 0 Å². The summed E-state index contributed by atoms with van der Waals surface area (Å²) in [6, 6.07) is 9.57. The number of carbonyl (C=O) groups is 1. The van der Waals surface area contributed by atoms with Gasteiger partial charge in [-0.25, -0.2) is 9.67 Å². The van der Waals surface area contributed by atoms with E-state index in [1.54, 1.807) is 0 Å². The summed E-state index contributed by atoms with van der Waals surface area (Å²) < 4.78 is 10.0. The zero-order chi connectivity index (χ0) is 24.0. The van der Waals surface area contributed by atoms with Crippen LogP contribution in [0.25, 0.3) is 33.1 Å². The fourth-order valence-electron chi connectivity index (χ4n) is 4.34. The summed E-state index contributed by atoms with van der Waals surface area (Å²) in [6.45, 7) is 10.5. The molecule has 3 heterocycles. The molecule has 3 aromatic heterocycles. The molecule has 1 aromatic carbocycles. The summed E-state index contributed by atoms with van der Waals surface area (Å²) in [5.74, 6) is 0.847. The van der Waals surface area contributed by atoms with Crippen LogP contribution in [-0.4, -0.2) is 39.9 Å². The molecule has 0 atom stereocenters. The molecule has 1 fully saturated rings. The van der Waals surface area contributed by atoms with Crippen LogP contribution in [0, 0.1) is 12.8 Å². The minimum Gasteiger partial charge on any atom is -0.360 e. The third kappa shape index (κ3) is 4.52. The van der Waals surface area contributed by atoms with Gasteiger partial charge in [-0.1, -0.05) is 25.7 Å². The van der Waals surface area contributed by atoms with Crippen molar-refractivity contribution in [2.24, 2.45) is 13.0 Å². The molecule has 4 aromatic rings. The molecule has 0 unspecified atom stereocenters. The van der Waals surface area contributed by atoms with Crippen LogP contribution in [0.2, 0.25) is 25.7 Å². The summed E-state index contributed by atoms with van der Waals surface area (Å²) >= 11 is 0. The highest BCUT2D eigenvalue weighted by Crippen LogP contribution is 2.34. The van der Waals surface area contributed by atoms with Gasteiger partial charge in [0.1, 0.15) is 12.5 Å². The maximum atomic E-state index is 12.1. The highest BCUT2D eigenvalue weighted by Gasteiger charge is 2.29. The van der Waals surface area contributed by atoms with Gasteiger partial charge in [0.15, 0.2) is 0 Å². The molecule has 178 valence electrons. The summed E-state index contributed by atoms with van der Waals surface area (Å²) in [4.78, 5) is 16.6. The van der Waals surface area contributed by atoms with Crippen molar-refractivity contribution in [3.63, 3.8) is 0 Å². The first kappa shape index (κ1) is 22.8. The normalized spacial score (nSPS) is 14.3. The quantitative estimate of drug-likeness (QED) is 0.267. The van der Waals surface area contributed by atoms with Gasteiger partial charge in [0.25, 0.3) is 0 Å². The van der Waals surface area contributed by atoms with Crippen LogP contribution in [0.4, 0.5) is 5.82 Å². The number of pyridine rings is 1. The van der Waals surface area contributed by atoms with E-state index in [0.29, 0.717) is 12.5 Å². The van der Waals surface area contributed by atoms with E-state index in [1.807, 2.05) is 23.1 Å². The van der Waals surface area contributed by atoms with Gasteiger partial charge in [-0.3, -0.25) is 4.79 Å². The number of aryl methyl sites for hydroxylation is 2. The number of nitrogens with one attached hydrogen (secondary N) is 1. The Balaban J connectivity index is 1.41. The molecule has 0 bridgehead atoms. The van der Waals surface area contributed by atoms with E-state index in [0.717, 1.165) is 58.6 Å². The lowest BCUT2D eigenvalue weighted by atomic mass is 10.0. The third-order valence-corrected chi connectivity index (χ3v) is 8.41. The third-order valence-electron chi connectivity index (χ3n) is 6.71. The van der Waals surface area contributed by atoms with Crippen LogP contribution >= 0.6 is 0 Å². The molecule has 1 N–H and O–H groups in total. The Bertz CT molecular complexity index is 1380. The topological polar surface area (TPSA) is 74.0 Å². The van der Waals surface area contributed by atoms with Crippen LogP contribution in [0.5, 0.6) is 0 Å². The molecule has 8 heteroatoms. The van der Waals surface area contributed by atoms with E-state index < -0.39 is 8.07 Å². The number of benzene rings is 1. The van der Waals surface area contributed by atoms with Gasteiger partial charge in [0.2, 0.25) is 5.91 Å². The van der Waals surface area contributed by atoms with Crippen LogP contribution in [-0.2, 0) is 23.3 Å². The van der Waals surface area contributed by atoms with E-state index in [-0.39, 0.29) is 11.8 Å². The number of amides is 1. The Hall–Kier alpha value is -2.97. The molecule has 1 amide bonds. The van der Waals surface area contributed by atoms with Crippen LogP contribution in [0.1, 0.15) is 18.4 Å². The SMILES string of the molecule is Cc1c(-c2cc3cc(NC(=O)C4CC4)ncc3n2C)ccc2c1cnn2COCC[Si](C)(C)C. The summed E-state index contributed by atoms with van der Waals surface area (Å²) in [5.41, 5.74) is 5.58. The molecule has 1 saturated carbocycles. The van der Waals surface area contributed by atoms with Gasteiger partial charge in [-0.05, 0) is 49.6 Å². The fourth-order valence-corrected chi connectivity index (χ4v) is 5.09. The largest absolute Gasteiger partial charge is 0.360 e. The zero-order valence-corrected chi connectivity index (χ0v) is 21.7. The second-order valence-corrected chi connectivity index (χ2v) is 16.3. The van der Waals surface area contributed by atoms with Crippen molar-refractivity contribution in [3.05, 3.63) is 42.2 Å². The minimum absolute atomic E-state index is 0.0748. The molecule has 1 aliphatic carbocycles. The lowest BCUT2D eigenvalue weighted by Crippen LogP contribution is -2.22. The predicted octanol–water partition coefficient (Wildman–Crippen LogP) is 5.56. The molecule has 0 saturated heterocycles. The molecule has 0 spiro atoms. The van der Waals surface area contributed by atoms with Crippen molar-refractivity contribution >= 4 is 41.6 Å². The molecule has 7 nitrogen and oxygen atoms in total.